The molecular weight excluding hydrogens is 396 g/mol. The van der Waals surface area contributed by atoms with Crippen molar-refractivity contribution in [2.24, 2.45) is 0 Å². The van der Waals surface area contributed by atoms with E-state index in [-0.39, 0.29) is 11.9 Å². The van der Waals surface area contributed by atoms with Crippen LogP contribution in [0.25, 0.3) is 11.0 Å². The van der Waals surface area contributed by atoms with Crippen LogP contribution in [0.15, 0.2) is 47.9 Å². The quantitative estimate of drug-likeness (QED) is 0.529. The summed E-state index contributed by atoms with van der Waals surface area (Å²) in [5.74, 6) is 1.69. The predicted octanol–water partition coefficient (Wildman–Crippen LogP) is 4.74. The summed E-state index contributed by atoms with van der Waals surface area (Å²) in [6.45, 7) is 2.05. The van der Waals surface area contributed by atoms with E-state index >= 15 is 0 Å². The Bertz CT molecular complexity index is 996. The molecule has 30 heavy (non-hydrogen) atoms. The molecule has 1 aromatic carbocycles. The maximum absolute atomic E-state index is 13.2. The number of imidazole rings is 1. The molecule has 1 N–H and O–H groups in total. The topological polar surface area (TPSA) is 69.0 Å². The number of pyridine rings is 1. The zero-order chi connectivity index (χ0) is 20.9. The van der Waals surface area contributed by atoms with Gasteiger partial charge >= 0.3 is 0 Å². The molecule has 6 nitrogen and oxygen atoms in total. The molecule has 158 valence electrons. The van der Waals surface area contributed by atoms with Crippen molar-refractivity contribution >= 4 is 28.7 Å². The molecule has 4 rings (SSSR count). The van der Waals surface area contributed by atoms with E-state index in [0.717, 1.165) is 40.5 Å². The number of rotatable bonds is 8. The Morgan fingerprint density at radius 2 is 2.03 bits per heavy atom. The van der Waals surface area contributed by atoms with Crippen LogP contribution in [0.5, 0.6) is 5.75 Å². The smallest absolute Gasteiger partial charge is 0.243 e. The number of carbonyl (C=O) groups excluding carboxylic acids is 1. The number of fused-ring (bicyclic) bond motifs is 1. The fraction of sp³-hybridized carbons (Fsp3) is 0.435. The largest absolute Gasteiger partial charge is 0.497 e. The predicted molar refractivity (Wildman–Crippen MR) is 120 cm³/mol. The minimum Gasteiger partial charge on any atom is -0.497 e. The normalized spacial score (nSPS) is 15.4. The molecular formula is C23H28N4O2S. The molecule has 0 unspecified atom stereocenters. The van der Waals surface area contributed by atoms with Gasteiger partial charge in [0.05, 0.1) is 24.3 Å². The van der Waals surface area contributed by atoms with E-state index in [1.54, 1.807) is 25.1 Å². The van der Waals surface area contributed by atoms with Gasteiger partial charge in [0, 0.05) is 18.0 Å². The first-order valence-electron chi connectivity index (χ1n) is 10.6. The highest BCUT2D eigenvalue weighted by atomic mass is 32.2. The minimum atomic E-state index is -0.293. The second-order valence-electron chi connectivity index (χ2n) is 7.68. The molecule has 2 heterocycles. The van der Waals surface area contributed by atoms with Crippen LogP contribution in [0, 0.1) is 0 Å². The average molecular weight is 425 g/mol. The number of thioether (sulfide) groups is 1. The van der Waals surface area contributed by atoms with Crippen LogP contribution in [-0.4, -0.2) is 33.6 Å². The van der Waals surface area contributed by atoms with Crippen molar-refractivity contribution in [3.05, 3.63) is 48.3 Å². The standard InChI is InChI=1S/C23H28N4O2S/c1-3-20(22(28)25-17-6-4-5-7-17)27-21-14-24-13-12-19(21)26-23(27)30-15-16-8-10-18(29-2)11-9-16/h8-14,17,20H,3-7,15H2,1-2H3,(H,25,28)/t20-/m1/s1. The first kappa shape index (κ1) is 20.7. The zero-order valence-corrected chi connectivity index (χ0v) is 18.3. The van der Waals surface area contributed by atoms with Gasteiger partial charge in [-0.3, -0.25) is 9.78 Å². The lowest BCUT2D eigenvalue weighted by molar-refractivity contribution is -0.125. The van der Waals surface area contributed by atoms with Crippen LogP contribution in [0.3, 0.4) is 0 Å². The summed E-state index contributed by atoms with van der Waals surface area (Å²) in [7, 11) is 1.67. The maximum Gasteiger partial charge on any atom is 0.243 e. The SMILES string of the molecule is CC[C@H](C(=O)NC1CCCC1)n1c(SCc2ccc(OC)cc2)nc2ccncc21. The van der Waals surface area contributed by atoms with Gasteiger partial charge in [0.2, 0.25) is 5.91 Å². The lowest BCUT2D eigenvalue weighted by Crippen LogP contribution is -2.38. The molecule has 2 aromatic heterocycles. The van der Waals surface area contributed by atoms with Crippen molar-refractivity contribution in [1.82, 2.24) is 19.9 Å². The number of amides is 1. The van der Waals surface area contributed by atoms with Gasteiger partial charge in [-0.1, -0.05) is 43.7 Å². The number of benzene rings is 1. The molecule has 1 saturated carbocycles. The number of carbonyl (C=O) groups is 1. The summed E-state index contributed by atoms with van der Waals surface area (Å²) in [5, 5.41) is 4.11. The highest BCUT2D eigenvalue weighted by Gasteiger charge is 2.27. The fourth-order valence-corrected chi connectivity index (χ4v) is 5.06. The third kappa shape index (κ3) is 4.46. The fourth-order valence-electron chi connectivity index (χ4n) is 4.04. The summed E-state index contributed by atoms with van der Waals surface area (Å²) in [6, 6.07) is 9.96. The van der Waals surface area contributed by atoms with E-state index in [4.69, 9.17) is 9.72 Å². The van der Waals surface area contributed by atoms with Gasteiger partial charge in [-0.15, -0.1) is 0 Å². The van der Waals surface area contributed by atoms with E-state index in [1.165, 1.54) is 18.4 Å². The van der Waals surface area contributed by atoms with Crippen molar-refractivity contribution in [1.29, 1.82) is 0 Å². The first-order valence-corrected chi connectivity index (χ1v) is 11.6. The van der Waals surface area contributed by atoms with Crippen LogP contribution >= 0.6 is 11.8 Å². The number of methoxy groups -OCH3 is 1. The Morgan fingerprint density at radius 1 is 1.27 bits per heavy atom. The van der Waals surface area contributed by atoms with Crippen molar-refractivity contribution in [3.8, 4) is 5.75 Å². The molecule has 1 aliphatic rings. The molecule has 0 bridgehead atoms. The molecule has 0 spiro atoms. The van der Waals surface area contributed by atoms with Crippen LogP contribution in [0.1, 0.15) is 50.6 Å². The highest BCUT2D eigenvalue weighted by molar-refractivity contribution is 7.98. The van der Waals surface area contributed by atoms with Crippen molar-refractivity contribution in [2.45, 2.75) is 62.0 Å². The number of nitrogens with one attached hydrogen (secondary N) is 1. The van der Waals surface area contributed by atoms with Crippen molar-refractivity contribution < 1.29 is 9.53 Å². The van der Waals surface area contributed by atoms with E-state index in [2.05, 4.69) is 33.9 Å². The van der Waals surface area contributed by atoms with E-state index < -0.39 is 0 Å². The van der Waals surface area contributed by atoms with Gasteiger partial charge in [-0.2, -0.15) is 0 Å². The number of ether oxygens (including phenoxy) is 1. The molecule has 1 amide bonds. The summed E-state index contributed by atoms with van der Waals surface area (Å²) >= 11 is 1.65. The Hall–Kier alpha value is -2.54. The maximum atomic E-state index is 13.2. The third-order valence-electron chi connectivity index (χ3n) is 5.69. The van der Waals surface area contributed by atoms with Crippen LogP contribution in [0.4, 0.5) is 0 Å². The monoisotopic (exact) mass is 424 g/mol. The van der Waals surface area contributed by atoms with E-state index in [1.807, 2.05) is 24.4 Å². The lowest BCUT2D eigenvalue weighted by Gasteiger charge is -2.22. The van der Waals surface area contributed by atoms with E-state index in [0.29, 0.717) is 12.5 Å². The first-order chi connectivity index (χ1) is 14.7. The number of aromatic nitrogens is 3. The second-order valence-corrected chi connectivity index (χ2v) is 8.62. The van der Waals surface area contributed by atoms with Gasteiger partial charge in [0.1, 0.15) is 11.8 Å². The van der Waals surface area contributed by atoms with Gasteiger partial charge in [0.25, 0.3) is 0 Å². The number of hydrogen-bond donors (Lipinski definition) is 1. The summed E-state index contributed by atoms with van der Waals surface area (Å²) in [5.41, 5.74) is 2.96. The minimum absolute atomic E-state index is 0.0823. The molecule has 1 aliphatic carbocycles. The summed E-state index contributed by atoms with van der Waals surface area (Å²) in [6.07, 6.45) is 8.81. The second kappa shape index (κ2) is 9.51. The molecule has 1 fully saturated rings. The summed E-state index contributed by atoms with van der Waals surface area (Å²) < 4.78 is 7.31. The molecule has 3 aromatic rings. The van der Waals surface area contributed by atoms with Gasteiger partial charge in [0.15, 0.2) is 5.16 Å². The molecule has 0 aliphatic heterocycles. The van der Waals surface area contributed by atoms with Crippen LogP contribution in [-0.2, 0) is 10.5 Å². The molecule has 0 saturated heterocycles. The van der Waals surface area contributed by atoms with Gasteiger partial charge in [-0.25, -0.2) is 4.98 Å². The van der Waals surface area contributed by atoms with Gasteiger partial charge < -0.3 is 14.6 Å². The Morgan fingerprint density at radius 3 is 2.73 bits per heavy atom. The van der Waals surface area contributed by atoms with Crippen LogP contribution in [0.2, 0.25) is 0 Å². The molecule has 1 atom stereocenters. The lowest BCUT2D eigenvalue weighted by atomic mass is 10.1. The van der Waals surface area contributed by atoms with Gasteiger partial charge in [-0.05, 0) is 43.0 Å². The van der Waals surface area contributed by atoms with E-state index in [9.17, 15) is 4.79 Å². The van der Waals surface area contributed by atoms with Crippen molar-refractivity contribution in [2.75, 3.05) is 7.11 Å². The van der Waals surface area contributed by atoms with Crippen molar-refractivity contribution in [3.63, 3.8) is 0 Å². The zero-order valence-electron chi connectivity index (χ0n) is 17.5. The Labute approximate surface area is 181 Å². The Kier molecular flexibility index (Phi) is 6.57. The third-order valence-corrected chi connectivity index (χ3v) is 6.71. The number of nitrogens with zero attached hydrogens (tertiary/aromatic N) is 3. The molecule has 7 heteroatoms. The average Bonchev–Trinajstić information content (AvgIpc) is 3.41. The highest BCUT2D eigenvalue weighted by Crippen LogP contribution is 2.31. The summed E-state index contributed by atoms with van der Waals surface area (Å²) in [4.78, 5) is 22.3. The van der Waals surface area contributed by atoms with Crippen LogP contribution < -0.4 is 10.1 Å². The number of hydrogen-bond acceptors (Lipinski definition) is 5. The Balaban J connectivity index is 1.60. The molecule has 0 radical (unpaired) electrons.